The number of aromatic nitrogens is 1. The molecule has 4 aromatic rings. The van der Waals surface area contributed by atoms with Crippen molar-refractivity contribution in [1.29, 1.82) is 0 Å². The number of benzene rings is 3. The molecule has 0 amide bonds. The van der Waals surface area contributed by atoms with E-state index in [2.05, 4.69) is 65.2 Å². The molecule has 0 bridgehead atoms. The van der Waals surface area contributed by atoms with Crippen LogP contribution in [0.1, 0.15) is 52.9 Å². The van der Waals surface area contributed by atoms with Crippen molar-refractivity contribution >= 4 is 28.5 Å². The predicted octanol–water partition coefficient (Wildman–Crippen LogP) is 7.02. The highest BCUT2D eigenvalue weighted by atomic mass is 35.5. The van der Waals surface area contributed by atoms with Gasteiger partial charge in [0.05, 0.1) is 6.61 Å². The van der Waals surface area contributed by atoms with E-state index >= 15 is 0 Å². The zero-order valence-corrected chi connectivity index (χ0v) is 19.1. The van der Waals surface area contributed by atoms with Crippen molar-refractivity contribution in [2.24, 2.45) is 0 Å². The molecular weight excluding hydrogens is 418 g/mol. The maximum Gasteiger partial charge on any atom is 0.355 e. The molecule has 4 heteroatoms. The van der Waals surface area contributed by atoms with Crippen molar-refractivity contribution in [1.82, 2.24) is 4.57 Å². The first-order valence-corrected chi connectivity index (χ1v) is 11.7. The second-order valence-electron chi connectivity index (χ2n) is 7.80. The SMILES string of the molecule is CCOC(=O)c1c(C(c2ccccc2)c2ccccc2)c2ccccc2n1CCCCCl. The Morgan fingerprint density at radius 2 is 1.47 bits per heavy atom. The van der Waals surface area contributed by atoms with Crippen LogP contribution < -0.4 is 0 Å². The molecule has 0 aliphatic carbocycles. The quantitative estimate of drug-likeness (QED) is 0.157. The van der Waals surface area contributed by atoms with Crippen LogP contribution in [-0.2, 0) is 11.3 Å². The average molecular weight is 446 g/mol. The molecule has 1 aromatic heterocycles. The standard InChI is InChI=1S/C28H28ClNO2/c1-2-32-28(31)27-26(23-17-9-10-18-24(23)30(27)20-12-11-19-29)25(21-13-5-3-6-14-21)22-15-7-4-8-16-22/h3-10,13-18,25H,2,11-12,19-20H2,1H3. The first-order valence-electron chi connectivity index (χ1n) is 11.2. The number of unbranched alkanes of at least 4 members (excludes halogenated alkanes) is 1. The third-order valence-corrected chi connectivity index (χ3v) is 6.07. The zero-order chi connectivity index (χ0) is 22.3. The van der Waals surface area contributed by atoms with Crippen molar-refractivity contribution in [2.45, 2.75) is 32.2 Å². The van der Waals surface area contributed by atoms with Gasteiger partial charge in [-0.25, -0.2) is 4.79 Å². The number of aryl methyl sites for hydroxylation is 1. The van der Waals surface area contributed by atoms with E-state index in [1.807, 2.05) is 31.2 Å². The summed E-state index contributed by atoms with van der Waals surface area (Å²) in [6.07, 6.45) is 1.79. The van der Waals surface area contributed by atoms with E-state index in [0.29, 0.717) is 18.2 Å². The average Bonchev–Trinajstić information content (AvgIpc) is 3.15. The first-order chi connectivity index (χ1) is 15.8. The van der Waals surface area contributed by atoms with Gasteiger partial charge in [-0.15, -0.1) is 11.6 Å². The van der Waals surface area contributed by atoms with Crippen LogP contribution >= 0.6 is 11.6 Å². The Balaban J connectivity index is 2.02. The van der Waals surface area contributed by atoms with Gasteiger partial charge in [0.2, 0.25) is 0 Å². The van der Waals surface area contributed by atoms with Gasteiger partial charge in [-0.2, -0.15) is 0 Å². The number of fused-ring (bicyclic) bond motifs is 1. The molecule has 1 heterocycles. The lowest BCUT2D eigenvalue weighted by Crippen LogP contribution is -2.17. The molecule has 0 N–H and O–H groups in total. The summed E-state index contributed by atoms with van der Waals surface area (Å²) in [7, 11) is 0. The summed E-state index contributed by atoms with van der Waals surface area (Å²) in [5.41, 5.74) is 4.99. The number of para-hydroxylation sites is 1. The van der Waals surface area contributed by atoms with E-state index in [1.165, 1.54) is 0 Å². The highest BCUT2D eigenvalue weighted by molar-refractivity contribution is 6.17. The van der Waals surface area contributed by atoms with E-state index < -0.39 is 0 Å². The molecule has 0 aliphatic heterocycles. The number of nitrogens with zero attached hydrogens (tertiary/aromatic N) is 1. The van der Waals surface area contributed by atoms with Crippen molar-refractivity contribution in [2.75, 3.05) is 12.5 Å². The highest BCUT2D eigenvalue weighted by Crippen LogP contribution is 2.40. The molecule has 3 aromatic carbocycles. The Bertz CT molecular complexity index is 1130. The molecule has 0 radical (unpaired) electrons. The van der Waals surface area contributed by atoms with Gasteiger partial charge in [0.1, 0.15) is 5.69 Å². The topological polar surface area (TPSA) is 31.2 Å². The maximum atomic E-state index is 13.4. The number of carbonyl (C=O) groups is 1. The fourth-order valence-corrected chi connectivity index (χ4v) is 4.64. The van der Waals surface area contributed by atoms with Gasteiger partial charge in [-0.1, -0.05) is 78.9 Å². The number of esters is 1. The number of ether oxygens (including phenoxy) is 1. The fraction of sp³-hybridized carbons (Fsp3) is 0.250. The van der Waals surface area contributed by atoms with E-state index in [4.69, 9.17) is 16.3 Å². The largest absolute Gasteiger partial charge is 0.461 e. The summed E-state index contributed by atoms with van der Waals surface area (Å²) >= 11 is 5.95. The van der Waals surface area contributed by atoms with Crippen LogP contribution in [0.4, 0.5) is 0 Å². The van der Waals surface area contributed by atoms with Gasteiger partial charge in [0.25, 0.3) is 0 Å². The summed E-state index contributed by atoms with van der Waals surface area (Å²) in [5, 5.41) is 1.08. The summed E-state index contributed by atoms with van der Waals surface area (Å²) in [5.74, 6) is 0.245. The summed E-state index contributed by atoms with van der Waals surface area (Å²) in [6, 6.07) is 29.0. The molecular formula is C28H28ClNO2. The van der Waals surface area contributed by atoms with E-state index in [-0.39, 0.29) is 11.9 Å². The Hall–Kier alpha value is -3.04. The number of carbonyl (C=O) groups excluding carboxylic acids is 1. The first kappa shape index (κ1) is 22.2. The van der Waals surface area contributed by atoms with Crippen LogP contribution in [0.5, 0.6) is 0 Å². The summed E-state index contributed by atoms with van der Waals surface area (Å²) < 4.78 is 7.71. The van der Waals surface area contributed by atoms with Gasteiger partial charge < -0.3 is 9.30 Å². The second-order valence-corrected chi connectivity index (χ2v) is 8.18. The second kappa shape index (κ2) is 10.5. The van der Waals surface area contributed by atoms with Gasteiger partial charge in [-0.3, -0.25) is 0 Å². The molecule has 0 atom stereocenters. The molecule has 0 spiro atoms. The molecule has 0 aliphatic rings. The van der Waals surface area contributed by atoms with E-state index in [9.17, 15) is 4.79 Å². The van der Waals surface area contributed by atoms with Crippen LogP contribution in [0.15, 0.2) is 84.9 Å². The van der Waals surface area contributed by atoms with Gasteiger partial charge >= 0.3 is 5.97 Å². The molecule has 3 nitrogen and oxygen atoms in total. The van der Waals surface area contributed by atoms with Crippen LogP contribution in [0.3, 0.4) is 0 Å². The summed E-state index contributed by atoms with van der Waals surface area (Å²) in [6.45, 7) is 2.91. The van der Waals surface area contributed by atoms with Gasteiger partial charge in [0.15, 0.2) is 0 Å². The molecule has 164 valence electrons. The smallest absolute Gasteiger partial charge is 0.355 e. The van der Waals surface area contributed by atoms with Crippen molar-refractivity contribution in [3.05, 3.63) is 107 Å². The third-order valence-electron chi connectivity index (χ3n) is 5.80. The number of rotatable bonds is 9. The Morgan fingerprint density at radius 1 is 0.875 bits per heavy atom. The maximum absolute atomic E-state index is 13.4. The van der Waals surface area contributed by atoms with Gasteiger partial charge in [0, 0.05) is 34.8 Å². The van der Waals surface area contributed by atoms with Crippen LogP contribution in [0.2, 0.25) is 0 Å². The molecule has 0 saturated carbocycles. The summed E-state index contributed by atoms with van der Waals surface area (Å²) in [4.78, 5) is 13.4. The monoisotopic (exact) mass is 445 g/mol. The molecule has 0 fully saturated rings. The van der Waals surface area contributed by atoms with Crippen LogP contribution in [-0.4, -0.2) is 23.0 Å². The highest BCUT2D eigenvalue weighted by Gasteiger charge is 2.30. The third kappa shape index (κ3) is 4.44. The number of halogens is 1. The number of hydrogen-bond acceptors (Lipinski definition) is 2. The Labute approximate surface area is 194 Å². The predicted molar refractivity (Wildman–Crippen MR) is 132 cm³/mol. The molecule has 0 saturated heterocycles. The van der Waals surface area contributed by atoms with Gasteiger partial charge in [-0.05, 0) is 37.0 Å². The Kier molecular flexibility index (Phi) is 7.28. The number of alkyl halides is 1. The van der Waals surface area contributed by atoms with E-state index in [0.717, 1.165) is 47.0 Å². The Morgan fingerprint density at radius 3 is 2.06 bits per heavy atom. The minimum atomic E-state index is -0.276. The normalized spacial score (nSPS) is 11.2. The van der Waals surface area contributed by atoms with Crippen LogP contribution in [0, 0.1) is 0 Å². The lowest BCUT2D eigenvalue weighted by molar-refractivity contribution is 0.0512. The van der Waals surface area contributed by atoms with Crippen LogP contribution in [0.25, 0.3) is 10.9 Å². The molecule has 32 heavy (non-hydrogen) atoms. The lowest BCUT2D eigenvalue weighted by atomic mass is 9.83. The van der Waals surface area contributed by atoms with Crippen molar-refractivity contribution in [3.63, 3.8) is 0 Å². The fourth-order valence-electron chi connectivity index (χ4n) is 4.46. The van der Waals surface area contributed by atoms with Crippen molar-refractivity contribution in [3.8, 4) is 0 Å². The lowest BCUT2D eigenvalue weighted by Gasteiger charge is -2.20. The molecule has 0 unspecified atom stereocenters. The van der Waals surface area contributed by atoms with Crippen molar-refractivity contribution < 1.29 is 9.53 Å². The minimum Gasteiger partial charge on any atom is -0.461 e. The van der Waals surface area contributed by atoms with E-state index in [1.54, 1.807) is 0 Å². The number of hydrogen-bond donors (Lipinski definition) is 0. The zero-order valence-electron chi connectivity index (χ0n) is 18.3. The molecule has 4 rings (SSSR count). The minimum absolute atomic E-state index is 0.0871.